The molecular formula is C21H27ClN4O2. The Hall–Kier alpha value is -2.60. The first-order valence-electron chi connectivity index (χ1n) is 9.30. The molecule has 7 heteroatoms. The molecule has 2 aromatic carbocycles. The summed E-state index contributed by atoms with van der Waals surface area (Å²) in [4.78, 5) is 6.90. The van der Waals surface area contributed by atoms with Crippen LogP contribution in [0.25, 0.3) is 0 Å². The van der Waals surface area contributed by atoms with E-state index >= 15 is 0 Å². The normalized spacial score (nSPS) is 16.9. The van der Waals surface area contributed by atoms with Crippen molar-refractivity contribution in [2.24, 2.45) is 16.6 Å². The molecule has 3 rings (SSSR count). The highest BCUT2D eigenvalue weighted by atomic mass is 35.5. The van der Waals surface area contributed by atoms with Crippen molar-refractivity contribution in [1.82, 2.24) is 0 Å². The van der Waals surface area contributed by atoms with E-state index in [0.717, 1.165) is 30.2 Å². The molecule has 150 valence electrons. The topological polar surface area (TPSA) is 72.1 Å². The minimum absolute atomic E-state index is 0.393. The van der Waals surface area contributed by atoms with Crippen LogP contribution in [0.5, 0.6) is 11.5 Å². The summed E-state index contributed by atoms with van der Waals surface area (Å²) in [6.45, 7) is 4.75. The Balaban J connectivity index is 1.58. The van der Waals surface area contributed by atoms with Crippen molar-refractivity contribution in [2.75, 3.05) is 44.1 Å². The van der Waals surface area contributed by atoms with Crippen LogP contribution in [0.15, 0.2) is 41.4 Å². The number of rotatable bonds is 6. The highest BCUT2D eigenvalue weighted by molar-refractivity contribution is 6.30. The molecule has 0 radical (unpaired) electrons. The molecule has 2 aromatic rings. The van der Waals surface area contributed by atoms with Gasteiger partial charge in [0.05, 0.1) is 14.2 Å². The van der Waals surface area contributed by atoms with Crippen molar-refractivity contribution in [3.63, 3.8) is 0 Å². The third-order valence-electron chi connectivity index (χ3n) is 4.97. The summed E-state index contributed by atoms with van der Waals surface area (Å²) >= 11 is 6.16. The van der Waals surface area contributed by atoms with Crippen LogP contribution in [0.2, 0.25) is 5.02 Å². The van der Waals surface area contributed by atoms with Crippen LogP contribution in [0.3, 0.4) is 0 Å². The molecule has 1 aliphatic rings. The number of methoxy groups -OCH3 is 2. The fourth-order valence-electron chi connectivity index (χ4n) is 3.45. The van der Waals surface area contributed by atoms with Crippen LogP contribution < -0.4 is 25.4 Å². The van der Waals surface area contributed by atoms with E-state index in [1.807, 2.05) is 30.3 Å². The largest absolute Gasteiger partial charge is 0.493 e. The summed E-state index contributed by atoms with van der Waals surface area (Å²) < 4.78 is 10.6. The van der Waals surface area contributed by atoms with Gasteiger partial charge in [0.2, 0.25) is 0 Å². The average Bonchev–Trinajstić information content (AvgIpc) is 3.17. The quantitative estimate of drug-likeness (QED) is 0.566. The summed E-state index contributed by atoms with van der Waals surface area (Å²) in [5.74, 6) is 2.17. The number of aryl methyl sites for hydroxylation is 1. The Labute approximate surface area is 171 Å². The Kier molecular flexibility index (Phi) is 6.52. The van der Waals surface area contributed by atoms with E-state index < -0.39 is 0 Å². The number of nitrogens with zero attached hydrogens (tertiary/aromatic N) is 2. The van der Waals surface area contributed by atoms with Crippen molar-refractivity contribution >= 4 is 28.9 Å². The van der Waals surface area contributed by atoms with Crippen molar-refractivity contribution in [3.05, 3.63) is 47.0 Å². The number of hydrogen-bond donors (Lipinski definition) is 2. The third-order valence-corrected chi connectivity index (χ3v) is 5.21. The first kappa shape index (κ1) is 20.1. The number of guanidine groups is 1. The van der Waals surface area contributed by atoms with Gasteiger partial charge in [-0.3, -0.25) is 4.99 Å². The van der Waals surface area contributed by atoms with Crippen molar-refractivity contribution in [1.29, 1.82) is 0 Å². The molecule has 0 aliphatic carbocycles. The molecule has 1 saturated heterocycles. The van der Waals surface area contributed by atoms with Crippen LogP contribution >= 0.6 is 11.6 Å². The maximum atomic E-state index is 6.16. The predicted molar refractivity (Wildman–Crippen MR) is 116 cm³/mol. The van der Waals surface area contributed by atoms with Crippen molar-refractivity contribution in [3.8, 4) is 11.5 Å². The molecule has 1 heterocycles. The number of nitrogens with one attached hydrogen (secondary N) is 1. The Morgan fingerprint density at radius 2 is 2.00 bits per heavy atom. The van der Waals surface area contributed by atoms with E-state index in [1.165, 1.54) is 11.3 Å². The highest BCUT2D eigenvalue weighted by Crippen LogP contribution is 2.30. The molecule has 1 unspecified atom stereocenters. The second-order valence-electron chi connectivity index (χ2n) is 6.95. The van der Waals surface area contributed by atoms with E-state index in [-0.39, 0.29) is 0 Å². The average molecular weight is 403 g/mol. The second kappa shape index (κ2) is 9.06. The lowest BCUT2D eigenvalue weighted by Gasteiger charge is -2.21. The van der Waals surface area contributed by atoms with Crippen LogP contribution in [0, 0.1) is 12.8 Å². The lowest BCUT2D eigenvalue weighted by Crippen LogP contribution is -2.25. The molecule has 1 atom stereocenters. The molecular weight excluding hydrogens is 376 g/mol. The van der Waals surface area contributed by atoms with Crippen LogP contribution in [-0.4, -0.2) is 39.8 Å². The number of anilines is 2. The van der Waals surface area contributed by atoms with Gasteiger partial charge in [0, 0.05) is 42.1 Å². The first-order valence-corrected chi connectivity index (χ1v) is 9.68. The minimum Gasteiger partial charge on any atom is -0.493 e. The number of hydrogen-bond acceptors (Lipinski definition) is 4. The highest BCUT2D eigenvalue weighted by Gasteiger charge is 2.23. The molecule has 6 nitrogen and oxygen atoms in total. The zero-order chi connectivity index (χ0) is 20.1. The van der Waals surface area contributed by atoms with Gasteiger partial charge in [0.15, 0.2) is 17.5 Å². The number of aliphatic imine (C=N–C) groups is 1. The lowest BCUT2D eigenvalue weighted by molar-refractivity contribution is 0.355. The Bertz CT molecular complexity index is 856. The van der Waals surface area contributed by atoms with E-state index in [9.17, 15) is 0 Å². The molecule has 0 saturated carbocycles. The third kappa shape index (κ3) is 4.81. The van der Waals surface area contributed by atoms with Gasteiger partial charge in [-0.25, -0.2) is 0 Å². The first-order chi connectivity index (χ1) is 13.5. The van der Waals surface area contributed by atoms with Gasteiger partial charge < -0.3 is 25.4 Å². The van der Waals surface area contributed by atoms with Crippen LogP contribution in [-0.2, 0) is 0 Å². The molecule has 0 spiro atoms. The van der Waals surface area contributed by atoms with E-state index in [1.54, 1.807) is 14.2 Å². The fraction of sp³-hybridized carbons (Fsp3) is 0.381. The summed E-state index contributed by atoms with van der Waals surface area (Å²) in [6, 6.07) is 11.6. The summed E-state index contributed by atoms with van der Waals surface area (Å²) in [7, 11) is 3.21. The Morgan fingerprint density at radius 3 is 2.75 bits per heavy atom. The maximum Gasteiger partial charge on any atom is 0.193 e. The number of nitrogens with two attached hydrogens (primary N) is 1. The van der Waals surface area contributed by atoms with Gasteiger partial charge in [-0.05, 0) is 49.1 Å². The van der Waals surface area contributed by atoms with Crippen molar-refractivity contribution < 1.29 is 9.47 Å². The van der Waals surface area contributed by atoms with Gasteiger partial charge in [0.25, 0.3) is 0 Å². The van der Waals surface area contributed by atoms with E-state index in [2.05, 4.69) is 28.2 Å². The summed E-state index contributed by atoms with van der Waals surface area (Å²) in [6.07, 6.45) is 1.08. The maximum absolute atomic E-state index is 6.16. The van der Waals surface area contributed by atoms with Crippen molar-refractivity contribution in [2.45, 2.75) is 13.3 Å². The van der Waals surface area contributed by atoms with Gasteiger partial charge in [-0.15, -0.1) is 0 Å². The fourth-order valence-corrected chi connectivity index (χ4v) is 3.62. The molecule has 0 aromatic heterocycles. The minimum atomic E-state index is 0.393. The number of ether oxygens (including phenoxy) is 2. The van der Waals surface area contributed by atoms with Gasteiger partial charge in [-0.2, -0.15) is 0 Å². The second-order valence-corrected chi connectivity index (χ2v) is 7.39. The predicted octanol–water partition coefficient (Wildman–Crippen LogP) is 3.92. The summed E-state index contributed by atoms with van der Waals surface area (Å²) in [5.41, 5.74) is 9.32. The SMILES string of the molecule is COc1ccc(NC(N)=NCC2CCN(c3cc(Cl)ccc3C)C2)cc1OC. The monoisotopic (exact) mass is 402 g/mol. The van der Waals surface area contributed by atoms with Gasteiger partial charge in [0.1, 0.15) is 0 Å². The lowest BCUT2D eigenvalue weighted by atomic mass is 10.1. The van der Waals surface area contributed by atoms with Gasteiger partial charge in [-0.1, -0.05) is 17.7 Å². The van der Waals surface area contributed by atoms with Crippen LogP contribution in [0.1, 0.15) is 12.0 Å². The Morgan fingerprint density at radius 1 is 1.21 bits per heavy atom. The summed E-state index contributed by atoms with van der Waals surface area (Å²) in [5, 5.41) is 3.88. The molecule has 28 heavy (non-hydrogen) atoms. The smallest absolute Gasteiger partial charge is 0.193 e. The molecule has 3 N–H and O–H groups in total. The molecule has 1 fully saturated rings. The number of benzene rings is 2. The van der Waals surface area contributed by atoms with E-state index in [4.69, 9.17) is 26.8 Å². The van der Waals surface area contributed by atoms with Crippen LogP contribution in [0.4, 0.5) is 11.4 Å². The van der Waals surface area contributed by atoms with Gasteiger partial charge >= 0.3 is 0 Å². The molecule has 1 aliphatic heterocycles. The molecule has 0 amide bonds. The van der Waals surface area contributed by atoms with E-state index in [0.29, 0.717) is 29.9 Å². The molecule has 0 bridgehead atoms. The standard InChI is InChI=1S/C21H27ClN4O2/c1-14-4-5-16(22)10-18(14)26-9-8-15(13-26)12-24-21(23)25-17-6-7-19(27-2)20(11-17)28-3/h4-7,10-11,15H,8-9,12-13H2,1-3H3,(H3,23,24,25). The number of halogens is 1. The zero-order valence-corrected chi connectivity index (χ0v) is 17.3. The zero-order valence-electron chi connectivity index (χ0n) is 16.5.